The number of ether oxygens (including phenoxy) is 1. The smallest absolute Gasteiger partial charge is 0.179 e. The molecule has 136 valence electrons. The van der Waals surface area contributed by atoms with Crippen molar-refractivity contribution in [3.63, 3.8) is 0 Å². The summed E-state index contributed by atoms with van der Waals surface area (Å²) in [6, 6.07) is 0. The Morgan fingerprint density at radius 3 is 2.92 bits per heavy atom. The standard InChI is InChI=1S/C17H24BrN5O2/c1-4-8-13(11-24)9-6-7-10-23-16(21-12-25-5-2)14(15(19)20-3)22-17(23)18/h4,6,8-9,11,21H,1,5,7,10,12H2,2-3H3,(H2,19,20)/b9-6-,13-8+. The molecule has 25 heavy (non-hydrogen) atoms. The fraction of sp³-hybridized carbons (Fsp3) is 0.353. The number of hydrogen-bond donors (Lipinski definition) is 2. The van der Waals surface area contributed by atoms with Crippen LogP contribution >= 0.6 is 15.9 Å². The molecule has 0 aliphatic rings. The number of aromatic nitrogens is 2. The van der Waals surface area contributed by atoms with Crippen molar-refractivity contribution >= 4 is 33.9 Å². The molecule has 7 nitrogen and oxygen atoms in total. The van der Waals surface area contributed by atoms with Gasteiger partial charge in [0, 0.05) is 25.8 Å². The third-order valence-electron chi connectivity index (χ3n) is 3.23. The first-order chi connectivity index (χ1) is 12.1. The van der Waals surface area contributed by atoms with Gasteiger partial charge in [-0.1, -0.05) is 30.9 Å². The summed E-state index contributed by atoms with van der Waals surface area (Å²) >= 11 is 3.45. The van der Waals surface area contributed by atoms with Crippen LogP contribution in [0, 0.1) is 0 Å². The van der Waals surface area contributed by atoms with Crippen LogP contribution in [0.25, 0.3) is 0 Å². The molecule has 0 spiro atoms. The maximum atomic E-state index is 10.9. The van der Waals surface area contributed by atoms with E-state index in [-0.39, 0.29) is 0 Å². The van der Waals surface area contributed by atoms with Crippen molar-refractivity contribution in [3.05, 3.63) is 46.9 Å². The van der Waals surface area contributed by atoms with Gasteiger partial charge in [0.2, 0.25) is 0 Å². The van der Waals surface area contributed by atoms with E-state index in [1.54, 1.807) is 25.3 Å². The highest BCUT2D eigenvalue weighted by Crippen LogP contribution is 2.23. The summed E-state index contributed by atoms with van der Waals surface area (Å²) in [4.78, 5) is 19.3. The average molecular weight is 410 g/mol. The predicted octanol–water partition coefficient (Wildman–Crippen LogP) is 2.64. The monoisotopic (exact) mass is 409 g/mol. The van der Waals surface area contributed by atoms with Gasteiger partial charge in [-0.2, -0.15) is 0 Å². The highest BCUT2D eigenvalue weighted by molar-refractivity contribution is 9.10. The molecule has 1 aromatic heterocycles. The van der Waals surface area contributed by atoms with Gasteiger partial charge in [0.15, 0.2) is 4.73 Å². The predicted molar refractivity (Wildman–Crippen MR) is 105 cm³/mol. The van der Waals surface area contributed by atoms with Crippen molar-refractivity contribution in [2.45, 2.75) is 19.9 Å². The second-order valence-corrected chi connectivity index (χ2v) is 5.57. The lowest BCUT2D eigenvalue weighted by Gasteiger charge is -2.12. The number of halogens is 1. The van der Waals surface area contributed by atoms with Crippen molar-refractivity contribution < 1.29 is 9.53 Å². The quantitative estimate of drug-likeness (QED) is 0.111. The Labute approximate surface area is 156 Å². The molecule has 1 rings (SSSR count). The molecular formula is C17H24BrN5O2. The topological polar surface area (TPSA) is 94.5 Å². The van der Waals surface area contributed by atoms with Crippen LogP contribution < -0.4 is 11.1 Å². The van der Waals surface area contributed by atoms with Crippen molar-refractivity contribution in [3.8, 4) is 0 Å². The zero-order chi connectivity index (χ0) is 18.7. The Hall–Kier alpha value is -2.19. The first-order valence-corrected chi connectivity index (χ1v) is 8.63. The Kier molecular flexibility index (Phi) is 9.49. The normalized spacial score (nSPS) is 12.6. The van der Waals surface area contributed by atoms with E-state index >= 15 is 0 Å². The summed E-state index contributed by atoms with van der Waals surface area (Å²) in [6.45, 7) is 7.07. The molecule has 1 aromatic rings. The molecule has 0 aliphatic heterocycles. The number of nitrogens with one attached hydrogen (secondary N) is 1. The van der Waals surface area contributed by atoms with Crippen LogP contribution in [0.5, 0.6) is 0 Å². The minimum Gasteiger partial charge on any atom is -0.382 e. The molecule has 0 atom stereocenters. The molecule has 0 bridgehead atoms. The van der Waals surface area contributed by atoms with Crippen LogP contribution in [0.2, 0.25) is 0 Å². The Morgan fingerprint density at radius 1 is 1.56 bits per heavy atom. The molecule has 8 heteroatoms. The highest BCUT2D eigenvalue weighted by atomic mass is 79.9. The van der Waals surface area contributed by atoms with Gasteiger partial charge in [-0.3, -0.25) is 9.79 Å². The SMILES string of the molecule is C=C/C=C(C=O)\C=C/CCn1c(Br)nc(C(N)=NC)c1NCOCC. The lowest BCUT2D eigenvalue weighted by Crippen LogP contribution is -2.18. The average Bonchev–Trinajstić information content (AvgIpc) is 2.93. The number of aldehydes is 1. The van der Waals surface area contributed by atoms with Crippen LogP contribution in [0.4, 0.5) is 5.82 Å². The van der Waals surface area contributed by atoms with E-state index in [1.807, 2.05) is 17.6 Å². The molecule has 0 saturated heterocycles. The van der Waals surface area contributed by atoms with Crippen molar-refractivity contribution in [2.24, 2.45) is 10.7 Å². The Morgan fingerprint density at radius 2 is 2.32 bits per heavy atom. The number of amidine groups is 1. The maximum absolute atomic E-state index is 10.9. The number of carbonyl (C=O) groups excluding carboxylic acids is 1. The highest BCUT2D eigenvalue weighted by Gasteiger charge is 2.17. The molecule has 0 aliphatic carbocycles. The van der Waals surface area contributed by atoms with E-state index in [4.69, 9.17) is 10.5 Å². The fourth-order valence-electron chi connectivity index (χ4n) is 2.01. The number of rotatable bonds is 11. The largest absolute Gasteiger partial charge is 0.382 e. The van der Waals surface area contributed by atoms with Crippen LogP contribution in [-0.2, 0) is 16.1 Å². The minimum atomic E-state index is 0.339. The van der Waals surface area contributed by atoms with Gasteiger partial charge in [-0.15, -0.1) is 0 Å². The summed E-state index contributed by atoms with van der Waals surface area (Å²) in [5.41, 5.74) is 7.07. The summed E-state index contributed by atoms with van der Waals surface area (Å²) in [5, 5.41) is 3.18. The zero-order valence-corrected chi connectivity index (χ0v) is 16.1. The van der Waals surface area contributed by atoms with Crippen LogP contribution in [-0.4, -0.2) is 42.1 Å². The van der Waals surface area contributed by atoms with Crippen LogP contribution in [0.1, 0.15) is 19.0 Å². The first-order valence-electron chi connectivity index (χ1n) is 7.83. The molecule has 0 saturated carbocycles. The van der Waals surface area contributed by atoms with Gasteiger partial charge >= 0.3 is 0 Å². The van der Waals surface area contributed by atoms with Gasteiger partial charge in [0.25, 0.3) is 0 Å². The third kappa shape index (κ3) is 6.32. The lowest BCUT2D eigenvalue weighted by molar-refractivity contribution is -0.104. The van der Waals surface area contributed by atoms with Gasteiger partial charge in [0.05, 0.1) is 0 Å². The molecule has 0 fully saturated rings. The van der Waals surface area contributed by atoms with E-state index in [2.05, 4.69) is 37.8 Å². The number of hydrogen-bond acceptors (Lipinski definition) is 5. The number of carbonyl (C=O) groups is 1. The maximum Gasteiger partial charge on any atom is 0.179 e. The minimum absolute atomic E-state index is 0.339. The summed E-state index contributed by atoms with van der Waals surface area (Å²) in [7, 11) is 1.62. The molecule has 0 aromatic carbocycles. The van der Waals surface area contributed by atoms with Gasteiger partial charge < -0.3 is 20.4 Å². The van der Waals surface area contributed by atoms with Gasteiger partial charge in [-0.25, -0.2) is 4.98 Å². The first kappa shape index (κ1) is 20.9. The molecule has 0 amide bonds. The number of allylic oxidation sites excluding steroid dienone is 5. The second kappa shape index (κ2) is 11.4. The third-order valence-corrected chi connectivity index (χ3v) is 3.83. The fourth-order valence-corrected chi connectivity index (χ4v) is 2.54. The number of imidazole rings is 1. The van der Waals surface area contributed by atoms with Crippen LogP contribution in [0.15, 0.2) is 46.2 Å². The zero-order valence-electron chi connectivity index (χ0n) is 14.5. The molecule has 0 unspecified atom stereocenters. The molecule has 0 radical (unpaired) electrons. The summed E-state index contributed by atoms with van der Waals surface area (Å²) in [5.74, 6) is 1.07. The van der Waals surface area contributed by atoms with Crippen molar-refractivity contribution in [1.29, 1.82) is 0 Å². The molecular weight excluding hydrogens is 386 g/mol. The second-order valence-electron chi connectivity index (χ2n) is 4.86. The number of nitrogens with two attached hydrogens (primary N) is 1. The van der Waals surface area contributed by atoms with E-state index in [1.165, 1.54) is 0 Å². The molecule has 1 heterocycles. The van der Waals surface area contributed by atoms with E-state index in [0.717, 1.165) is 12.1 Å². The Balaban J connectivity index is 2.95. The van der Waals surface area contributed by atoms with Crippen LogP contribution in [0.3, 0.4) is 0 Å². The summed E-state index contributed by atoms with van der Waals surface area (Å²) < 4.78 is 7.93. The van der Waals surface area contributed by atoms with Gasteiger partial charge in [-0.05, 0) is 29.3 Å². The van der Waals surface area contributed by atoms with E-state index < -0.39 is 0 Å². The van der Waals surface area contributed by atoms with E-state index in [9.17, 15) is 4.79 Å². The number of anilines is 1. The number of aliphatic imine (C=N–C) groups is 1. The molecule has 3 N–H and O–H groups in total. The lowest BCUT2D eigenvalue weighted by atomic mass is 10.2. The van der Waals surface area contributed by atoms with Crippen molar-refractivity contribution in [2.75, 3.05) is 25.7 Å². The van der Waals surface area contributed by atoms with Crippen molar-refractivity contribution in [1.82, 2.24) is 9.55 Å². The summed E-state index contributed by atoms with van der Waals surface area (Å²) in [6.07, 6.45) is 8.40. The van der Waals surface area contributed by atoms with E-state index in [0.29, 0.717) is 48.1 Å². The Bertz CT molecular complexity index is 677. The number of nitrogens with zero attached hydrogens (tertiary/aromatic N) is 3. The van der Waals surface area contributed by atoms with Gasteiger partial charge in [0.1, 0.15) is 30.4 Å².